The van der Waals surface area contributed by atoms with E-state index in [-0.39, 0.29) is 26.1 Å². The first-order chi connectivity index (χ1) is 9.44. The lowest BCUT2D eigenvalue weighted by molar-refractivity contribution is -0.216. The smallest absolute Gasteiger partial charge is 0.381 e. The van der Waals surface area contributed by atoms with Crippen LogP contribution in [0.4, 0.5) is 13.2 Å². The van der Waals surface area contributed by atoms with Crippen LogP contribution in [-0.4, -0.2) is 44.9 Å². The maximum atomic E-state index is 13.1. The van der Waals surface area contributed by atoms with Crippen molar-refractivity contribution in [3.05, 3.63) is 0 Å². The Labute approximate surface area is 117 Å². The van der Waals surface area contributed by atoms with E-state index in [0.717, 1.165) is 12.8 Å². The minimum atomic E-state index is -4.52. The van der Waals surface area contributed by atoms with E-state index in [4.69, 9.17) is 4.74 Å². The number of ether oxygens (including phenoxy) is 1. The lowest BCUT2D eigenvalue weighted by Gasteiger charge is -2.29. The second-order valence-electron chi connectivity index (χ2n) is 5.08. The minimum Gasteiger partial charge on any atom is -0.381 e. The molecule has 0 saturated carbocycles. The monoisotopic (exact) mass is 296 g/mol. The summed E-state index contributed by atoms with van der Waals surface area (Å²) in [5.41, 5.74) is -2.27. The molecule has 4 nitrogen and oxygen atoms in total. The lowest BCUT2D eigenvalue weighted by Crippen LogP contribution is -2.52. The maximum Gasteiger partial charge on any atom is 0.404 e. The molecule has 1 fully saturated rings. The van der Waals surface area contributed by atoms with Gasteiger partial charge in [-0.15, -0.1) is 0 Å². The molecule has 0 radical (unpaired) electrons. The molecule has 7 heteroatoms. The van der Waals surface area contributed by atoms with Crippen LogP contribution in [0.5, 0.6) is 0 Å². The van der Waals surface area contributed by atoms with Gasteiger partial charge in [0.05, 0.1) is 0 Å². The van der Waals surface area contributed by atoms with Crippen molar-refractivity contribution in [3.8, 4) is 0 Å². The summed E-state index contributed by atoms with van der Waals surface area (Å²) in [7, 11) is 0. The average molecular weight is 296 g/mol. The fourth-order valence-corrected chi connectivity index (χ4v) is 2.15. The van der Waals surface area contributed by atoms with Gasteiger partial charge in [0.2, 0.25) is 5.91 Å². The molecule has 0 aromatic heterocycles. The van der Waals surface area contributed by atoms with Crippen molar-refractivity contribution in [1.82, 2.24) is 10.6 Å². The van der Waals surface area contributed by atoms with Crippen LogP contribution in [0.1, 0.15) is 32.6 Å². The van der Waals surface area contributed by atoms with Crippen LogP contribution in [0.2, 0.25) is 0 Å². The Morgan fingerprint density at radius 2 is 2.05 bits per heavy atom. The van der Waals surface area contributed by atoms with Crippen LogP contribution in [0, 0.1) is 5.41 Å². The first-order valence-corrected chi connectivity index (χ1v) is 7.07. The Hall–Kier alpha value is -0.820. The van der Waals surface area contributed by atoms with Gasteiger partial charge in [-0.25, -0.2) is 0 Å². The molecule has 1 rings (SSSR count). The second-order valence-corrected chi connectivity index (χ2v) is 5.08. The van der Waals surface area contributed by atoms with Gasteiger partial charge in [0.25, 0.3) is 0 Å². The number of carbonyl (C=O) groups is 1. The number of carbonyl (C=O) groups excluding carboxylic acids is 1. The van der Waals surface area contributed by atoms with Gasteiger partial charge >= 0.3 is 6.18 Å². The number of halogens is 3. The number of alkyl halides is 3. The molecule has 0 aromatic rings. The summed E-state index contributed by atoms with van der Waals surface area (Å²) in [6, 6.07) is 0. The number of amides is 1. The third-order valence-electron chi connectivity index (χ3n) is 3.53. The van der Waals surface area contributed by atoms with Crippen molar-refractivity contribution < 1.29 is 22.7 Å². The minimum absolute atomic E-state index is 0.199. The highest BCUT2D eigenvalue weighted by Crippen LogP contribution is 2.43. The fourth-order valence-electron chi connectivity index (χ4n) is 2.15. The second kappa shape index (κ2) is 7.83. The Morgan fingerprint density at radius 3 is 2.60 bits per heavy atom. The SMILES string of the molecule is CCCCOCCCNC(=O)C1(C(F)(F)F)CCNC1. The van der Waals surface area contributed by atoms with E-state index in [2.05, 4.69) is 17.6 Å². The Bertz CT molecular complexity index is 302. The van der Waals surface area contributed by atoms with E-state index in [1.807, 2.05) is 0 Å². The summed E-state index contributed by atoms with van der Waals surface area (Å²) in [6.07, 6.45) is -2.18. The van der Waals surface area contributed by atoms with Crippen molar-refractivity contribution in [2.45, 2.75) is 38.8 Å². The maximum absolute atomic E-state index is 13.1. The molecule has 2 N–H and O–H groups in total. The predicted molar refractivity (Wildman–Crippen MR) is 69.3 cm³/mol. The molecule has 1 atom stereocenters. The molecule has 1 unspecified atom stereocenters. The zero-order valence-corrected chi connectivity index (χ0v) is 11.8. The molecule has 0 aliphatic carbocycles. The van der Waals surface area contributed by atoms with Crippen molar-refractivity contribution in [1.29, 1.82) is 0 Å². The third-order valence-corrected chi connectivity index (χ3v) is 3.53. The van der Waals surface area contributed by atoms with Crippen LogP contribution in [0.15, 0.2) is 0 Å². The Kier molecular flexibility index (Phi) is 6.75. The Balaban J connectivity index is 2.30. The molecule has 1 saturated heterocycles. The lowest BCUT2D eigenvalue weighted by atomic mass is 9.85. The number of unbranched alkanes of at least 4 members (excludes halogenated alkanes) is 1. The molecule has 20 heavy (non-hydrogen) atoms. The average Bonchev–Trinajstić information content (AvgIpc) is 2.87. The summed E-state index contributed by atoms with van der Waals surface area (Å²) in [4.78, 5) is 11.8. The van der Waals surface area contributed by atoms with Gasteiger partial charge in [0, 0.05) is 26.3 Å². The molecule has 1 aliphatic heterocycles. The summed E-state index contributed by atoms with van der Waals surface area (Å²) in [5.74, 6) is -0.927. The first-order valence-electron chi connectivity index (χ1n) is 7.07. The van der Waals surface area contributed by atoms with Gasteiger partial charge in [-0.2, -0.15) is 13.2 Å². The third kappa shape index (κ3) is 4.34. The molecule has 1 aliphatic rings. The summed E-state index contributed by atoms with van der Waals surface area (Å²) in [6.45, 7) is 3.25. The van der Waals surface area contributed by atoms with Gasteiger partial charge in [-0.05, 0) is 25.8 Å². The standard InChI is InChI=1S/C13H23F3N2O2/c1-2-3-8-20-9-4-6-18-11(19)12(13(14,15)16)5-7-17-10-12/h17H,2-10H2,1H3,(H,18,19). The molecule has 0 bridgehead atoms. The van der Waals surface area contributed by atoms with Gasteiger partial charge in [0.15, 0.2) is 5.41 Å². The van der Waals surface area contributed by atoms with Gasteiger partial charge < -0.3 is 15.4 Å². The number of nitrogens with one attached hydrogen (secondary N) is 2. The highest BCUT2D eigenvalue weighted by atomic mass is 19.4. The number of rotatable bonds is 8. The Morgan fingerprint density at radius 1 is 1.35 bits per heavy atom. The van der Waals surface area contributed by atoms with Crippen LogP contribution in [0.25, 0.3) is 0 Å². The van der Waals surface area contributed by atoms with E-state index in [1.165, 1.54) is 0 Å². The highest BCUT2D eigenvalue weighted by Gasteiger charge is 2.61. The zero-order chi connectivity index (χ0) is 15.1. The van der Waals surface area contributed by atoms with Crippen molar-refractivity contribution in [2.75, 3.05) is 32.8 Å². The molecule has 1 amide bonds. The van der Waals surface area contributed by atoms with Crippen LogP contribution in [0.3, 0.4) is 0 Å². The van der Waals surface area contributed by atoms with E-state index < -0.39 is 17.5 Å². The zero-order valence-electron chi connectivity index (χ0n) is 11.8. The van der Waals surface area contributed by atoms with Gasteiger partial charge in [0.1, 0.15) is 0 Å². The number of hydrogen-bond donors (Lipinski definition) is 2. The van der Waals surface area contributed by atoms with E-state index in [9.17, 15) is 18.0 Å². The summed E-state index contributed by atoms with van der Waals surface area (Å²) in [5, 5.41) is 5.00. The topological polar surface area (TPSA) is 50.4 Å². The molecule has 0 spiro atoms. The summed E-state index contributed by atoms with van der Waals surface area (Å²) < 4.78 is 44.5. The molecular weight excluding hydrogens is 273 g/mol. The van der Waals surface area contributed by atoms with Crippen molar-refractivity contribution >= 4 is 5.91 Å². The molecule has 1 heterocycles. The largest absolute Gasteiger partial charge is 0.404 e. The normalized spacial score (nSPS) is 23.0. The first kappa shape index (κ1) is 17.2. The van der Waals surface area contributed by atoms with Crippen LogP contribution in [-0.2, 0) is 9.53 Å². The van der Waals surface area contributed by atoms with Crippen LogP contribution < -0.4 is 10.6 Å². The summed E-state index contributed by atoms with van der Waals surface area (Å²) >= 11 is 0. The van der Waals surface area contributed by atoms with Crippen molar-refractivity contribution in [2.24, 2.45) is 5.41 Å². The predicted octanol–water partition coefficient (Wildman–Crippen LogP) is 1.85. The van der Waals surface area contributed by atoms with Crippen molar-refractivity contribution in [3.63, 3.8) is 0 Å². The highest BCUT2D eigenvalue weighted by molar-refractivity contribution is 5.84. The molecule has 118 valence electrons. The van der Waals surface area contributed by atoms with E-state index in [0.29, 0.717) is 19.6 Å². The molecule has 0 aromatic carbocycles. The van der Waals surface area contributed by atoms with E-state index in [1.54, 1.807) is 0 Å². The van der Waals surface area contributed by atoms with E-state index >= 15 is 0 Å². The number of hydrogen-bond acceptors (Lipinski definition) is 3. The fraction of sp³-hybridized carbons (Fsp3) is 0.923. The quantitative estimate of drug-likeness (QED) is 0.672. The van der Waals surface area contributed by atoms with Crippen LogP contribution >= 0.6 is 0 Å². The van der Waals surface area contributed by atoms with Gasteiger partial charge in [-0.1, -0.05) is 13.3 Å². The van der Waals surface area contributed by atoms with Gasteiger partial charge in [-0.3, -0.25) is 4.79 Å². The molecular formula is C13H23F3N2O2.